The lowest BCUT2D eigenvalue weighted by Gasteiger charge is -2.16. The molecule has 0 aliphatic rings. The summed E-state index contributed by atoms with van der Waals surface area (Å²) in [6, 6.07) is 9.21. The van der Waals surface area contributed by atoms with Crippen molar-refractivity contribution in [3.8, 4) is 0 Å². The van der Waals surface area contributed by atoms with Gasteiger partial charge in [-0.3, -0.25) is 9.78 Å². The first-order chi connectivity index (χ1) is 13.4. The largest absolute Gasteiger partial charge is 0.361 e. The van der Waals surface area contributed by atoms with Crippen LogP contribution in [0.3, 0.4) is 0 Å². The van der Waals surface area contributed by atoms with Gasteiger partial charge in [-0.2, -0.15) is 4.31 Å². The van der Waals surface area contributed by atoms with E-state index in [1.165, 1.54) is 31.1 Å². The van der Waals surface area contributed by atoms with Gasteiger partial charge in [-0.05, 0) is 36.1 Å². The molecule has 0 spiro atoms. The molecule has 0 aliphatic heterocycles. The van der Waals surface area contributed by atoms with Crippen molar-refractivity contribution in [2.24, 2.45) is 0 Å². The van der Waals surface area contributed by atoms with Crippen LogP contribution in [0.25, 0.3) is 10.9 Å². The minimum atomic E-state index is -3.73. The van der Waals surface area contributed by atoms with Crippen molar-refractivity contribution in [2.45, 2.75) is 24.7 Å². The first-order valence-electron chi connectivity index (χ1n) is 9.14. The predicted molar refractivity (Wildman–Crippen MR) is 108 cm³/mol. The van der Waals surface area contributed by atoms with Gasteiger partial charge in [0.2, 0.25) is 15.9 Å². The number of carbonyl (C=O) groups is 1. The second kappa shape index (κ2) is 8.53. The summed E-state index contributed by atoms with van der Waals surface area (Å²) in [6.45, 7) is 2.31. The van der Waals surface area contributed by atoms with Gasteiger partial charge in [0.1, 0.15) is 4.90 Å². The molecule has 0 unspecified atom stereocenters. The highest BCUT2D eigenvalue weighted by atomic mass is 32.2. The van der Waals surface area contributed by atoms with Crippen LogP contribution >= 0.6 is 0 Å². The second-order valence-electron chi connectivity index (χ2n) is 6.56. The van der Waals surface area contributed by atoms with Gasteiger partial charge in [0.15, 0.2) is 0 Å². The van der Waals surface area contributed by atoms with Gasteiger partial charge in [0.05, 0.1) is 6.54 Å². The molecule has 1 aromatic carbocycles. The van der Waals surface area contributed by atoms with Crippen molar-refractivity contribution in [1.29, 1.82) is 0 Å². The van der Waals surface area contributed by atoms with Crippen molar-refractivity contribution in [1.82, 2.24) is 19.6 Å². The van der Waals surface area contributed by atoms with Crippen molar-refractivity contribution >= 4 is 26.8 Å². The Kier molecular flexibility index (Phi) is 6.11. The number of amides is 1. The Morgan fingerprint density at radius 2 is 2.04 bits per heavy atom. The molecule has 0 atom stereocenters. The molecule has 0 aliphatic carbocycles. The Hall–Kier alpha value is -2.71. The third-order valence-corrected chi connectivity index (χ3v) is 6.48. The number of nitrogens with zero attached hydrogens (tertiary/aromatic N) is 2. The maximum atomic E-state index is 12.4. The minimum absolute atomic E-state index is 0.0656. The summed E-state index contributed by atoms with van der Waals surface area (Å²) in [4.78, 5) is 19.4. The van der Waals surface area contributed by atoms with Gasteiger partial charge in [0, 0.05) is 43.1 Å². The molecule has 3 rings (SSSR count). The lowest BCUT2D eigenvalue weighted by atomic mass is 10.1. The van der Waals surface area contributed by atoms with E-state index in [2.05, 4.69) is 34.3 Å². The number of carbonyl (C=O) groups excluding carboxylic acids is 1. The molecule has 28 heavy (non-hydrogen) atoms. The number of likely N-dealkylation sites (N-methyl/N-ethyl adjacent to an activating group) is 1. The van der Waals surface area contributed by atoms with E-state index in [1.54, 1.807) is 6.07 Å². The number of H-pyrrole nitrogens is 1. The molecule has 0 radical (unpaired) electrons. The summed E-state index contributed by atoms with van der Waals surface area (Å²) >= 11 is 0. The number of fused-ring (bicyclic) bond motifs is 1. The Labute approximate surface area is 164 Å². The van der Waals surface area contributed by atoms with Gasteiger partial charge in [0.25, 0.3) is 0 Å². The number of rotatable bonds is 8. The highest BCUT2D eigenvalue weighted by Gasteiger charge is 2.22. The van der Waals surface area contributed by atoms with Crippen molar-refractivity contribution < 1.29 is 13.2 Å². The highest BCUT2D eigenvalue weighted by molar-refractivity contribution is 7.89. The van der Waals surface area contributed by atoms with Crippen LogP contribution in [0.2, 0.25) is 0 Å². The fourth-order valence-corrected chi connectivity index (χ4v) is 4.23. The molecule has 2 N–H and O–H groups in total. The molecular formula is C20H24N4O3S. The Balaban J connectivity index is 1.56. The molecule has 0 bridgehead atoms. The smallest absolute Gasteiger partial charge is 0.244 e. The number of sulfonamides is 1. The van der Waals surface area contributed by atoms with Crippen LogP contribution in [0.1, 0.15) is 18.1 Å². The van der Waals surface area contributed by atoms with Crippen LogP contribution < -0.4 is 5.32 Å². The Morgan fingerprint density at radius 3 is 2.75 bits per heavy atom. The fourth-order valence-electron chi connectivity index (χ4n) is 3.14. The number of aryl methyl sites for hydroxylation is 1. The molecule has 8 heteroatoms. The standard InChI is InChI=1S/C20H24N4O3S/c1-3-15-6-4-8-18-16(12-23-20(15)18)9-11-22-19(25)14-24(2)28(26,27)17-7-5-10-21-13-17/h4-8,10,12-13,23H,3,9,11,14H2,1-2H3,(H,22,25). The summed E-state index contributed by atoms with van der Waals surface area (Å²) in [5.74, 6) is -0.343. The average molecular weight is 401 g/mol. The predicted octanol–water partition coefficient (Wildman–Crippen LogP) is 2.10. The molecule has 0 saturated heterocycles. The second-order valence-corrected chi connectivity index (χ2v) is 8.60. The van der Waals surface area contributed by atoms with E-state index in [1.807, 2.05) is 12.3 Å². The molecule has 1 amide bonds. The third kappa shape index (κ3) is 4.23. The van der Waals surface area contributed by atoms with E-state index in [0.29, 0.717) is 13.0 Å². The molecule has 0 saturated carbocycles. The van der Waals surface area contributed by atoms with Gasteiger partial charge < -0.3 is 10.3 Å². The summed E-state index contributed by atoms with van der Waals surface area (Å²) in [7, 11) is -2.35. The van der Waals surface area contributed by atoms with E-state index in [0.717, 1.165) is 27.2 Å². The van der Waals surface area contributed by atoms with Crippen LogP contribution in [-0.4, -0.2) is 48.7 Å². The summed E-state index contributed by atoms with van der Waals surface area (Å²) in [5.41, 5.74) is 3.52. The molecule has 7 nitrogen and oxygen atoms in total. The van der Waals surface area contributed by atoms with E-state index < -0.39 is 10.0 Å². The summed E-state index contributed by atoms with van der Waals surface area (Å²) < 4.78 is 25.9. The normalized spacial score (nSPS) is 11.8. The maximum absolute atomic E-state index is 12.4. The van der Waals surface area contributed by atoms with Gasteiger partial charge in [-0.1, -0.05) is 25.1 Å². The van der Waals surface area contributed by atoms with Crippen molar-refractivity contribution in [3.05, 3.63) is 60.0 Å². The number of aromatic nitrogens is 2. The SMILES string of the molecule is CCc1cccc2c(CCNC(=O)CN(C)S(=O)(=O)c3cccnc3)c[nH]c12. The van der Waals surface area contributed by atoms with Gasteiger partial charge >= 0.3 is 0 Å². The van der Waals surface area contributed by atoms with Crippen LogP contribution in [-0.2, 0) is 27.7 Å². The number of hydrogen-bond donors (Lipinski definition) is 2. The van der Waals surface area contributed by atoms with Crippen molar-refractivity contribution in [2.75, 3.05) is 20.1 Å². The van der Waals surface area contributed by atoms with E-state index in [4.69, 9.17) is 0 Å². The number of nitrogens with one attached hydrogen (secondary N) is 2. The molecule has 3 aromatic rings. The topological polar surface area (TPSA) is 95.2 Å². The number of para-hydroxylation sites is 1. The fraction of sp³-hybridized carbons (Fsp3) is 0.300. The first kappa shape index (κ1) is 20.0. The molecule has 148 valence electrons. The first-order valence-corrected chi connectivity index (χ1v) is 10.6. The lowest BCUT2D eigenvalue weighted by Crippen LogP contribution is -2.39. The zero-order valence-electron chi connectivity index (χ0n) is 16.0. The third-order valence-electron chi connectivity index (χ3n) is 4.69. The lowest BCUT2D eigenvalue weighted by molar-refractivity contribution is -0.121. The van der Waals surface area contributed by atoms with Crippen LogP contribution in [0.4, 0.5) is 0 Å². The van der Waals surface area contributed by atoms with Crippen LogP contribution in [0.15, 0.2) is 53.8 Å². The van der Waals surface area contributed by atoms with Crippen LogP contribution in [0.5, 0.6) is 0 Å². The Bertz CT molecular complexity index is 1060. The van der Waals surface area contributed by atoms with E-state index >= 15 is 0 Å². The quantitative estimate of drug-likeness (QED) is 0.605. The summed E-state index contributed by atoms with van der Waals surface area (Å²) in [6.07, 6.45) is 6.35. The van der Waals surface area contributed by atoms with Gasteiger partial charge in [-0.15, -0.1) is 0 Å². The number of hydrogen-bond acceptors (Lipinski definition) is 4. The average Bonchev–Trinajstić information content (AvgIpc) is 3.12. The zero-order valence-corrected chi connectivity index (χ0v) is 16.8. The number of benzene rings is 1. The number of aromatic amines is 1. The van der Waals surface area contributed by atoms with Gasteiger partial charge in [-0.25, -0.2) is 8.42 Å². The maximum Gasteiger partial charge on any atom is 0.244 e. The minimum Gasteiger partial charge on any atom is -0.361 e. The monoisotopic (exact) mass is 400 g/mol. The van der Waals surface area contributed by atoms with Crippen molar-refractivity contribution in [3.63, 3.8) is 0 Å². The molecule has 2 heterocycles. The molecule has 0 fully saturated rings. The summed E-state index contributed by atoms with van der Waals surface area (Å²) in [5, 5.41) is 3.95. The highest BCUT2D eigenvalue weighted by Crippen LogP contribution is 2.22. The Morgan fingerprint density at radius 1 is 1.21 bits per heavy atom. The van der Waals surface area contributed by atoms with Crippen LogP contribution in [0, 0.1) is 0 Å². The molecular weight excluding hydrogens is 376 g/mol. The van der Waals surface area contributed by atoms with E-state index in [9.17, 15) is 13.2 Å². The number of pyridine rings is 1. The van der Waals surface area contributed by atoms with E-state index in [-0.39, 0.29) is 17.3 Å². The zero-order chi connectivity index (χ0) is 20.1. The molecule has 2 aromatic heterocycles.